The molecule has 0 fully saturated rings. The van der Waals surface area contributed by atoms with Crippen LogP contribution in [0.1, 0.15) is 18.8 Å². The number of nitrogens with zero attached hydrogens (tertiary/aromatic N) is 1. The predicted molar refractivity (Wildman–Crippen MR) is 71.6 cm³/mol. The summed E-state index contributed by atoms with van der Waals surface area (Å²) in [5.41, 5.74) is 3.08. The first-order valence-corrected chi connectivity index (χ1v) is 7.09. The highest BCUT2D eigenvalue weighted by Crippen LogP contribution is 2.16. The van der Waals surface area contributed by atoms with Crippen LogP contribution in [0.4, 0.5) is 5.69 Å². The molecule has 7 nitrogen and oxygen atoms in total. The molecule has 0 aliphatic carbocycles. The molecule has 8 heteroatoms. The summed E-state index contributed by atoms with van der Waals surface area (Å²) >= 11 is 0. The Hall–Kier alpha value is -1.90. The molecule has 102 valence electrons. The summed E-state index contributed by atoms with van der Waals surface area (Å²) in [4.78, 5) is 7.05. The van der Waals surface area contributed by atoms with Gasteiger partial charge in [-0.15, -0.1) is 0 Å². The third kappa shape index (κ3) is 3.11. The molecule has 1 heterocycles. The van der Waals surface area contributed by atoms with Crippen LogP contribution in [-0.4, -0.2) is 18.4 Å². The number of nitrogens with two attached hydrogens (primary N) is 1. The number of anilines is 1. The summed E-state index contributed by atoms with van der Waals surface area (Å²) in [6.45, 7) is 1.71. The van der Waals surface area contributed by atoms with E-state index in [-0.39, 0.29) is 4.90 Å². The number of hydrogen-bond donors (Lipinski definition) is 4. The number of hydrazine groups is 1. The normalized spacial score (nSPS) is 13.2. The zero-order chi connectivity index (χ0) is 13.9. The number of rotatable bonds is 5. The minimum atomic E-state index is -3.59. The van der Waals surface area contributed by atoms with Crippen LogP contribution in [0.2, 0.25) is 0 Å². The van der Waals surface area contributed by atoms with E-state index >= 15 is 0 Å². The van der Waals surface area contributed by atoms with Crippen LogP contribution in [0.5, 0.6) is 0 Å². The van der Waals surface area contributed by atoms with Gasteiger partial charge in [-0.05, 0) is 31.2 Å². The molecule has 0 radical (unpaired) electrons. The average molecular weight is 281 g/mol. The second-order valence-electron chi connectivity index (χ2n) is 3.99. The largest absolute Gasteiger partial charge is 0.347 e. The molecule has 0 aliphatic rings. The molecule has 0 saturated carbocycles. The van der Waals surface area contributed by atoms with Gasteiger partial charge >= 0.3 is 0 Å². The average Bonchev–Trinajstić information content (AvgIpc) is 2.92. The predicted octanol–water partition coefficient (Wildman–Crippen LogP) is 0.735. The van der Waals surface area contributed by atoms with E-state index in [2.05, 4.69) is 20.1 Å². The lowest BCUT2D eigenvalue weighted by Gasteiger charge is -2.12. The summed E-state index contributed by atoms with van der Waals surface area (Å²) in [7, 11) is -3.59. The number of hydrogen-bond acceptors (Lipinski definition) is 5. The smallest absolute Gasteiger partial charge is 0.241 e. The molecule has 19 heavy (non-hydrogen) atoms. The molecular weight excluding hydrogens is 266 g/mol. The second-order valence-corrected chi connectivity index (χ2v) is 5.70. The third-order valence-electron chi connectivity index (χ3n) is 2.59. The summed E-state index contributed by atoms with van der Waals surface area (Å²) in [6.07, 6.45) is 3.21. The Labute approximate surface area is 111 Å². The lowest BCUT2D eigenvalue weighted by molar-refractivity contribution is 0.561. The van der Waals surface area contributed by atoms with Crippen molar-refractivity contribution in [3.05, 3.63) is 42.5 Å². The van der Waals surface area contributed by atoms with Crippen molar-refractivity contribution < 1.29 is 8.42 Å². The Kier molecular flexibility index (Phi) is 3.84. The fourth-order valence-electron chi connectivity index (χ4n) is 1.60. The molecule has 1 aromatic carbocycles. The van der Waals surface area contributed by atoms with Crippen LogP contribution in [-0.2, 0) is 10.0 Å². The van der Waals surface area contributed by atoms with E-state index in [1.807, 2.05) is 0 Å². The number of imidazole rings is 1. The molecule has 1 unspecified atom stereocenters. The van der Waals surface area contributed by atoms with Crippen LogP contribution in [0.3, 0.4) is 0 Å². The molecular formula is C11H15N5O2S. The fraction of sp³-hybridized carbons (Fsp3) is 0.182. The molecule has 1 atom stereocenters. The van der Waals surface area contributed by atoms with E-state index in [0.29, 0.717) is 11.5 Å². The van der Waals surface area contributed by atoms with Gasteiger partial charge in [0, 0.05) is 18.1 Å². The van der Waals surface area contributed by atoms with Gasteiger partial charge in [0.2, 0.25) is 10.0 Å². The minimum absolute atomic E-state index is 0.171. The van der Waals surface area contributed by atoms with Crippen molar-refractivity contribution in [1.29, 1.82) is 0 Å². The summed E-state index contributed by atoms with van der Waals surface area (Å²) in [5.74, 6) is 5.79. The van der Waals surface area contributed by atoms with Gasteiger partial charge < -0.3 is 10.4 Å². The quantitative estimate of drug-likeness (QED) is 0.477. The van der Waals surface area contributed by atoms with Gasteiger partial charge in [0.1, 0.15) is 5.82 Å². The van der Waals surface area contributed by atoms with Crippen molar-refractivity contribution in [1.82, 2.24) is 14.7 Å². The van der Waals surface area contributed by atoms with Crippen molar-refractivity contribution in [2.24, 2.45) is 5.84 Å². The minimum Gasteiger partial charge on any atom is -0.347 e. The van der Waals surface area contributed by atoms with Crippen LogP contribution in [0.15, 0.2) is 41.6 Å². The summed E-state index contributed by atoms with van der Waals surface area (Å²) in [6, 6.07) is 5.70. The molecule has 2 aromatic rings. The van der Waals surface area contributed by atoms with Crippen LogP contribution in [0.25, 0.3) is 0 Å². The molecule has 0 amide bonds. The van der Waals surface area contributed by atoms with E-state index in [9.17, 15) is 8.42 Å². The van der Waals surface area contributed by atoms with Gasteiger partial charge in [-0.2, -0.15) is 0 Å². The van der Waals surface area contributed by atoms with Crippen molar-refractivity contribution in [2.75, 3.05) is 5.43 Å². The zero-order valence-electron chi connectivity index (χ0n) is 10.3. The van der Waals surface area contributed by atoms with Crippen LogP contribution in [0, 0.1) is 0 Å². The molecule has 0 saturated heterocycles. The molecule has 2 rings (SSSR count). The molecule has 0 bridgehead atoms. The molecule has 0 aliphatic heterocycles. The summed E-state index contributed by atoms with van der Waals surface area (Å²) in [5, 5.41) is 0. The maximum Gasteiger partial charge on any atom is 0.241 e. The van der Waals surface area contributed by atoms with Crippen molar-refractivity contribution in [2.45, 2.75) is 17.9 Å². The van der Waals surface area contributed by atoms with E-state index in [0.717, 1.165) is 0 Å². The van der Waals surface area contributed by atoms with Gasteiger partial charge in [0.15, 0.2) is 0 Å². The van der Waals surface area contributed by atoms with Crippen molar-refractivity contribution in [3.63, 3.8) is 0 Å². The molecule has 5 N–H and O–H groups in total. The number of sulfonamides is 1. The Balaban J connectivity index is 2.17. The first-order valence-electron chi connectivity index (χ1n) is 5.61. The van der Waals surface area contributed by atoms with Gasteiger partial charge in [-0.1, -0.05) is 0 Å². The number of aromatic nitrogens is 2. The number of aromatic amines is 1. The number of benzene rings is 1. The highest BCUT2D eigenvalue weighted by Gasteiger charge is 2.19. The van der Waals surface area contributed by atoms with Crippen molar-refractivity contribution in [3.8, 4) is 0 Å². The van der Waals surface area contributed by atoms with Crippen LogP contribution >= 0.6 is 0 Å². The third-order valence-corrected chi connectivity index (χ3v) is 4.15. The first-order chi connectivity index (χ1) is 9.03. The monoisotopic (exact) mass is 281 g/mol. The molecule has 0 spiro atoms. The Morgan fingerprint density at radius 3 is 2.53 bits per heavy atom. The highest BCUT2D eigenvalue weighted by molar-refractivity contribution is 7.89. The van der Waals surface area contributed by atoms with E-state index < -0.39 is 16.1 Å². The Bertz CT molecular complexity index is 622. The molecule has 1 aromatic heterocycles. The number of H-pyrrole nitrogens is 1. The number of nitrogens with one attached hydrogen (secondary N) is 3. The van der Waals surface area contributed by atoms with E-state index in [1.165, 1.54) is 12.1 Å². The maximum absolute atomic E-state index is 12.1. The van der Waals surface area contributed by atoms with Gasteiger partial charge in [0.05, 0.1) is 10.9 Å². The SMILES string of the molecule is CC(NS(=O)(=O)c1ccc(NN)cc1)c1ncc[nH]1. The van der Waals surface area contributed by atoms with Crippen LogP contribution < -0.4 is 16.0 Å². The topological polar surface area (TPSA) is 113 Å². The van der Waals surface area contributed by atoms with Crippen molar-refractivity contribution >= 4 is 15.7 Å². The zero-order valence-corrected chi connectivity index (χ0v) is 11.1. The van der Waals surface area contributed by atoms with Gasteiger partial charge in [0.25, 0.3) is 0 Å². The number of nitrogen functional groups attached to an aromatic ring is 1. The maximum atomic E-state index is 12.1. The lowest BCUT2D eigenvalue weighted by Crippen LogP contribution is -2.27. The lowest BCUT2D eigenvalue weighted by atomic mass is 10.3. The fourth-order valence-corrected chi connectivity index (χ4v) is 2.81. The Morgan fingerprint density at radius 2 is 2.00 bits per heavy atom. The van der Waals surface area contributed by atoms with Gasteiger partial charge in [-0.3, -0.25) is 5.84 Å². The second kappa shape index (κ2) is 5.39. The summed E-state index contributed by atoms with van der Waals surface area (Å²) < 4.78 is 26.8. The first kappa shape index (κ1) is 13.5. The standard InChI is InChI=1S/C11H15N5O2S/c1-8(11-13-6-7-14-11)16-19(17,18)10-4-2-9(15-12)3-5-10/h2-8,15-16H,12H2,1H3,(H,13,14). The Morgan fingerprint density at radius 1 is 1.32 bits per heavy atom. The van der Waals surface area contributed by atoms with E-state index in [4.69, 9.17) is 5.84 Å². The highest BCUT2D eigenvalue weighted by atomic mass is 32.2. The van der Waals surface area contributed by atoms with E-state index in [1.54, 1.807) is 31.5 Å². The van der Waals surface area contributed by atoms with Gasteiger partial charge in [-0.25, -0.2) is 18.1 Å².